The smallest absolute Gasteiger partial charge is 0.129 e. The molecule has 0 radical (unpaired) electrons. The van der Waals surface area contributed by atoms with E-state index < -0.39 is 0 Å². The highest BCUT2D eigenvalue weighted by atomic mass is 79.9. The number of rotatable bonds is 3. The van der Waals surface area contributed by atoms with Gasteiger partial charge in [-0.3, -0.25) is 4.98 Å². The van der Waals surface area contributed by atoms with Gasteiger partial charge in [0.25, 0.3) is 0 Å². The van der Waals surface area contributed by atoms with Crippen LogP contribution in [0.3, 0.4) is 0 Å². The molecule has 0 spiro atoms. The first-order valence-electron chi connectivity index (χ1n) is 5.43. The molecule has 2 rings (SSSR count). The number of nitrogens with one attached hydrogen (secondary N) is 1. The summed E-state index contributed by atoms with van der Waals surface area (Å²) in [4.78, 5) is 8.68. The van der Waals surface area contributed by atoms with Crippen molar-refractivity contribution in [2.75, 3.05) is 5.32 Å². The molecule has 0 bridgehead atoms. The van der Waals surface area contributed by atoms with Crippen LogP contribution in [0.1, 0.15) is 16.8 Å². The van der Waals surface area contributed by atoms with E-state index in [1.807, 2.05) is 25.3 Å². The lowest BCUT2D eigenvalue weighted by atomic mass is 10.2. The lowest BCUT2D eigenvalue weighted by molar-refractivity contribution is 1.000. The summed E-state index contributed by atoms with van der Waals surface area (Å²) in [7, 11) is 0. The maximum Gasteiger partial charge on any atom is 0.129 e. The number of anilines is 1. The Balaban J connectivity index is 2.10. The molecule has 0 amide bonds. The summed E-state index contributed by atoms with van der Waals surface area (Å²) in [5, 5.41) is 3.30. The molecule has 2 aromatic heterocycles. The zero-order valence-electron chi connectivity index (χ0n) is 9.87. The normalized spacial score (nSPS) is 10.3. The minimum absolute atomic E-state index is 0.697. The van der Waals surface area contributed by atoms with Gasteiger partial charge in [-0.15, -0.1) is 0 Å². The van der Waals surface area contributed by atoms with Gasteiger partial charge in [0.15, 0.2) is 0 Å². The van der Waals surface area contributed by atoms with Gasteiger partial charge in [-0.2, -0.15) is 0 Å². The molecule has 0 fully saturated rings. The molecule has 17 heavy (non-hydrogen) atoms. The van der Waals surface area contributed by atoms with E-state index in [2.05, 4.69) is 44.2 Å². The average molecular weight is 292 g/mol. The van der Waals surface area contributed by atoms with Gasteiger partial charge in [-0.1, -0.05) is 6.07 Å². The third-order valence-electron chi connectivity index (χ3n) is 2.59. The van der Waals surface area contributed by atoms with E-state index in [0.29, 0.717) is 6.54 Å². The fraction of sp³-hybridized carbons (Fsp3) is 0.231. The van der Waals surface area contributed by atoms with E-state index in [1.54, 1.807) is 6.20 Å². The topological polar surface area (TPSA) is 37.8 Å². The maximum atomic E-state index is 4.34. The van der Waals surface area contributed by atoms with Crippen molar-refractivity contribution in [3.05, 3.63) is 51.9 Å². The van der Waals surface area contributed by atoms with Crippen LogP contribution < -0.4 is 5.32 Å². The summed E-state index contributed by atoms with van der Waals surface area (Å²) in [6, 6.07) is 6.05. The van der Waals surface area contributed by atoms with Gasteiger partial charge in [-0.05, 0) is 53.0 Å². The van der Waals surface area contributed by atoms with Gasteiger partial charge < -0.3 is 5.32 Å². The minimum Gasteiger partial charge on any atom is -0.364 e. The molecule has 2 aromatic rings. The largest absolute Gasteiger partial charge is 0.364 e. The van der Waals surface area contributed by atoms with Crippen molar-refractivity contribution in [3.63, 3.8) is 0 Å². The van der Waals surface area contributed by atoms with E-state index in [-0.39, 0.29) is 0 Å². The number of hydrogen-bond acceptors (Lipinski definition) is 3. The van der Waals surface area contributed by atoms with Crippen molar-refractivity contribution in [1.29, 1.82) is 0 Å². The van der Waals surface area contributed by atoms with Crippen LogP contribution in [0.15, 0.2) is 35.1 Å². The van der Waals surface area contributed by atoms with E-state index >= 15 is 0 Å². The van der Waals surface area contributed by atoms with Crippen LogP contribution in [0.2, 0.25) is 0 Å². The van der Waals surface area contributed by atoms with Gasteiger partial charge in [0.1, 0.15) is 5.82 Å². The second-order valence-corrected chi connectivity index (χ2v) is 4.86. The van der Waals surface area contributed by atoms with Crippen molar-refractivity contribution in [2.45, 2.75) is 20.4 Å². The third kappa shape index (κ3) is 3.03. The number of aromatic nitrogens is 2. The SMILES string of the molecule is Cc1cccnc1CNc1ncc(Br)cc1C. The second kappa shape index (κ2) is 5.27. The van der Waals surface area contributed by atoms with Crippen molar-refractivity contribution < 1.29 is 0 Å². The molecule has 0 aliphatic rings. The molecule has 0 unspecified atom stereocenters. The molecule has 0 aliphatic heterocycles. The summed E-state index contributed by atoms with van der Waals surface area (Å²) in [5.74, 6) is 0.901. The van der Waals surface area contributed by atoms with Crippen LogP contribution in [0.25, 0.3) is 0 Å². The first-order chi connectivity index (χ1) is 8.16. The predicted molar refractivity (Wildman–Crippen MR) is 73.0 cm³/mol. The molecule has 0 aromatic carbocycles. The number of aryl methyl sites for hydroxylation is 2. The van der Waals surface area contributed by atoms with Crippen LogP contribution in [0.5, 0.6) is 0 Å². The second-order valence-electron chi connectivity index (χ2n) is 3.94. The van der Waals surface area contributed by atoms with Gasteiger partial charge in [0.2, 0.25) is 0 Å². The molecule has 0 atom stereocenters. The lowest BCUT2D eigenvalue weighted by Gasteiger charge is -2.09. The molecule has 2 heterocycles. The zero-order valence-corrected chi connectivity index (χ0v) is 11.5. The molecule has 4 heteroatoms. The standard InChI is InChI=1S/C13H14BrN3/c1-9-4-3-5-15-12(9)8-17-13-10(2)6-11(14)7-16-13/h3-7H,8H2,1-2H3,(H,16,17). The van der Waals surface area contributed by atoms with Crippen LogP contribution in [-0.4, -0.2) is 9.97 Å². The Hall–Kier alpha value is -1.42. The summed E-state index contributed by atoms with van der Waals surface area (Å²) >= 11 is 3.40. The lowest BCUT2D eigenvalue weighted by Crippen LogP contribution is -2.06. The van der Waals surface area contributed by atoms with Gasteiger partial charge in [0.05, 0.1) is 12.2 Å². The molecule has 0 saturated heterocycles. The summed E-state index contributed by atoms with van der Waals surface area (Å²) < 4.78 is 0.995. The van der Waals surface area contributed by atoms with Crippen molar-refractivity contribution in [2.24, 2.45) is 0 Å². The fourth-order valence-electron chi connectivity index (χ4n) is 1.60. The Labute approximate surface area is 109 Å². The number of pyridine rings is 2. The van der Waals surface area contributed by atoms with E-state index in [1.165, 1.54) is 5.56 Å². The Kier molecular flexibility index (Phi) is 3.74. The molecule has 0 aliphatic carbocycles. The van der Waals surface area contributed by atoms with Crippen LogP contribution in [0.4, 0.5) is 5.82 Å². The predicted octanol–water partition coefficient (Wildman–Crippen LogP) is 3.47. The highest BCUT2D eigenvalue weighted by Gasteiger charge is 2.02. The number of hydrogen-bond donors (Lipinski definition) is 1. The quantitative estimate of drug-likeness (QED) is 0.941. The third-order valence-corrected chi connectivity index (χ3v) is 3.02. The molecular weight excluding hydrogens is 278 g/mol. The van der Waals surface area contributed by atoms with Crippen molar-refractivity contribution in [1.82, 2.24) is 9.97 Å². The Morgan fingerprint density at radius 3 is 2.76 bits per heavy atom. The molecule has 1 N–H and O–H groups in total. The van der Waals surface area contributed by atoms with Gasteiger partial charge in [-0.25, -0.2) is 4.98 Å². The van der Waals surface area contributed by atoms with Crippen LogP contribution in [0, 0.1) is 13.8 Å². The van der Waals surface area contributed by atoms with E-state index in [4.69, 9.17) is 0 Å². The minimum atomic E-state index is 0.697. The molecule has 0 saturated carbocycles. The number of nitrogens with zero attached hydrogens (tertiary/aromatic N) is 2. The zero-order chi connectivity index (χ0) is 12.3. The molecule has 3 nitrogen and oxygen atoms in total. The molecule has 88 valence electrons. The highest BCUT2D eigenvalue weighted by molar-refractivity contribution is 9.10. The molecular formula is C13H14BrN3. The van der Waals surface area contributed by atoms with Crippen molar-refractivity contribution >= 4 is 21.7 Å². The van der Waals surface area contributed by atoms with Crippen LogP contribution in [-0.2, 0) is 6.54 Å². The summed E-state index contributed by atoms with van der Waals surface area (Å²) in [5.41, 5.74) is 3.36. The van der Waals surface area contributed by atoms with E-state index in [0.717, 1.165) is 21.5 Å². The van der Waals surface area contributed by atoms with E-state index in [9.17, 15) is 0 Å². The Bertz CT molecular complexity index is 526. The number of halogens is 1. The Morgan fingerprint density at radius 1 is 1.24 bits per heavy atom. The van der Waals surface area contributed by atoms with Gasteiger partial charge in [0, 0.05) is 16.9 Å². The first-order valence-corrected chi connectivity index (χ1v) is 6.22. The fourth-order valence-corrected chi connectivity index (χ4v) is 2.04. The maximum absolute atomic E-state index is 4.34. The highest BCUT2D eigenvalue weighted by Crippen LogP contribution is 2.17. The van der Waals surface area contributed by atoms with Gasteiger partial charge >= 0.3 is 0 Å². The first kappa shape index (κ1) is 12.0. The van der Waals surface area contributed by atoms with Crippen molar-refractivity contribution in [3.8, 4) is 0 Å². The monoisotopic (exact) mass is 291 g/mol. The summed E-state index contributed by atoms with van der Waals surface area (Å²) in [6.45, 7) is 4.79. The summed E-state index contributed by atoms with van der Waals surface area (Å²) in [6.07, 6.45) is 3.60. The van der Waals surface area contributed by atoms with Crippen LogP contribution >= 0.6 is 15.9 Å². The Morgan fingerprint density at radius 2 is 2.06 bits per heavy atom. The average Bonchev–Trinajstić information content (AvgIpc) is 2.30.